The molecule has 0 atom stereocenters. The molecular formula is C16H22BrF2NO. The van der Waals surface area contributed by atoms with E-state index in [1.807, 2.05) is 0 Å². The first-order valence-corrected chi connectivity index (χ1v) is 8.07. The highest BCUT2D eigenvalue weighted by atomic mass is 79.9. The van der Waals surface area contributed by atoms with Crippen molar-refractivity contribution in [3.63, 3.8) is 0 Å². The third-order valence-electron chi connectivity index (χ3n) is 4.43. The zero-order chi connectivity index (χ0) is 15.7. The molecule has 2 N–H and O–H groups in total. The van der Waals surface area contributed by atoms with Gasteiger partial charge in [-0.15, -0.1) is 0 Å². The van der Waals surface area contributed by atoms with Crippen molar-refractivity contribution in [1.82, 2.24) is 5.32 Å². The minimum Gasteiger partial charge on any atom is -0.389 e. The number of hydrogen-bond donors (Lipinski definition) is 2. The Labute approximate surface area is 133 Å². The molecule has 5 heteroatoms. The molecule has 0 amide bonds. The van der Waals surface area contributed by atoms with E-state index in [9.17, 15) is 13.9 Å². The van der Waals surface area contributed by atoms with E-state index in [1.54, 1.807) is 0 Å². The molecule has 1 aliphatic rings. The van der Waals surface area contributed by atoms with Crippen LogP contribution >= 0.6 is 15.9 Å². The number of benzene rings is 1. The molecule has 2 rings (SSSR count). The van der Waals surface area contributed by atoms with Gasteiger partial charge in [-0.1, -0.05) is 13.8 Å². The second-order valence-electron chi connectivity index (χ2n) is 6.81. The van der Waals surface area contributed by atoms with E-state index >= 15 is 0 Å². The van der Waals surface area contributed by atoms with E-state index in [2.05, 4.69) is 35.1 Å². The van der Waals surface area contributed by atoms with Crippen LogP contribution in [0.5, 0.6) is 0 Å². The van der Waals surface area contributed by atoms with Crippen LogP contribution in [0.25, 0.3) is 0 Å². The lowest BCUT2D eigenvalue weighted by Gasteiger charge is -2.40. The summed E-state index contributed by atoms with van der Waals surface area (Å²) in [6, 6.07) is 2.59. The Balaban J connectivity index is 1.92. The fourth-order valence-corrected chi connectivity index (χ4v) is 3.09. The number of nitrogens with one attached hydrogen (secondary N) is 1. The molecule has 21 heavy (non-hydrogen) atoms. The van der Waals surface area contributed by atoms with Crippen LogP contribution < -0.4 is 5.32 Å². The monoisotopic (exact) mass is 361 g/mol. The van der Waals surface area contributed by atoms with Gasteiger partial charge in [-0.05, 0) is 59.2 Å². The smallest absolute Gasteiger partial charge is 0.144 e. The van der Waals surface area contributed by atoms with Crippen molar-refractivity contribution >= 4 is 15.9 Å². The molecular weight excluding hydrogens is 340 g/mol. The minimum atomic E-state index is -0.769. The first kappa shape index (κ1) is 16.8. The number of halogens is 3. The van der Waals surface area contributed by atoms with Crippen LogP contribution in [0.3, 0.4) is 0 Å². The topological polar surface area (TPSA) is 32.3 Å². The number of aliphatic hydroxyl groups is 1. The van der Waals surface area contributed by atoms with E-state index in [4.69, 9.17) is 0 Å². The average molecular weight is 362 g/mol. The minimum absolute atomic E-state index is 0.00381. The maximum Gasteiger partial charge on any atom is 0.144 e. The summed E-state index contributed by atoms with van der Waals surface area (Å²) in [5.41, 5.74) is -0.493. The number of hydrogen-bond acceptors (Lipinski definition) is 2. The molecule has 1 aliphatic carbocycles. The molecule has 0 aromatic heterocycles. The third-order valence-corrected chi connectivity index (χ3v) is 5.04. The summed E-state index contributed by atoms with van der Waals surface area (Å²) in [4.78, 5) is 0. The lowest BCUT2D eigenvalue weighted by atomic mass is 9.71. The van der Waals surface area contributed by atoms with Gasteiger partial charge < -0.3 is 10.4 Å². The largest absolute Gasteiger partial charge is 0.389 e. The molecule has 2 nitrogen and oxygen atoms in total. The molecule has 1 aromatic rings. The van der Waals surface area contributed by atoms with Crippen LogP contribution in [-0.2, 0) is 6.54 Å². The molecule has 0 radical (unpaired) electrons. The van der Waals surface area contributed by atoms with Crippen molar-refractivity contribution in [1.29, 1.82) is 0 Å². The van der Waals surface area contributed by atoms with E-state index in [1.165, 1.54) is 12.1 Å². The molecule has 118 valence electrons. The van der Waals surface area contributed by atoms with Gasteiger partial charge in [-0.2, -0.15) is 0 Å². The van der Waals surface area contributed by atoms with Gasteiger partial charge in [0.15, 0.2) is 0 Å². The number of rotatable bonds is 4. The summed E-state index contributed by atoms with van der Waals surface area (Å²) in [5.74, 6) is -1.15. The van der Waals surface area contributed by atoms with Crippen LogP contribution in [0.15, 0.2) is 16.6 Å². The highest BCUT2D eigenvalue weighted by Gasteiger charge is 2.36. The third kappa shape index (κ3) is 4.24. The van der Waals surface area contributed by atoms with Crippen LogP contribution in [0, 0.1) is 17.0 Å². The average Bonchev–Trinajstić information content (AvgIpc) is 2.42. The Morgan fingerprint density at radius 3 is 2.43 bits per heavy atom. The van der Waals surface area contributed by atoms with Crippen LogP contribution in [0.2, 0.25) is 0 Å². The molecule has 1 saturated carbocycles. The molecule has 0 saturated heterocycles. The van der Waals surface area contributed by atoms with Crippen LogP contribution in [0.4, 0.5) is 8.78 Å². The van der Waals surface area contributed by atoms with Crippen molar-refractivity contribution < 1.29 is 13.9 Å². The molecule has 0 bridgehead atoms. The highest BCUT2D eigenvalue weighted by Crippen LogP contribution is 2.39. The van der Waals surface area contributed by atoms with Crippen molar-refractivity contribution in [3.05, 3.63) is 33.8 Å². The first-order valence-electron chi connectivity index (χ1n) is 7.28. The maximum atomic E-state index is 13.8. The van der Waals surface area contributed by atoms with E-state index in [-0.39, 0.29) is 22.0 Å². The predicted molar refractivity (Wildman–Crippen MR) is 83.0 cm³/mol. The van der Waals surface area contributed by atoms with Gasteiger partial charge in [0.1, 0.15) is 11.6 Å². The van der Waals surface area contributed by atoms with Gasteiger partial charge in [-0.3, -0.25) is 0 Å². The Kier molecular flexibility index (Phi) is 5.06. The lowest BCUT2D eigenvalue weighted by Crippen LogP contribution is -2.45. The summed E-state index contributed by atoms with van der Waals surface area (Å²) in [6.45, 7) is 4.83. The zero-order valence-electron chi connectivity index (χ0n) is 12.5. The van der Waals surface area contributed by atoms with E-state index in [0.29, 0.717) is 6.54 Å². The molecule has 1 fully saturated rings. The zero-order valence-corrected chi connectivity index (χ0v) is 14.1. The fourth-order valence-electron chi connectivity index (χ4n) is 2.72. The Morgan fingerprint density at radius 2 is 1.81 bits per heavy atom. The quantitative estimate of drug-likeness (QED) is 0.789. The summed E-state index contributed by atoms with van der Waals surface area (Å²) in [7, 11) is 0. The highest BCUT2D eigenvalue weighted by molar-refractivity contribution is 9.10. The Bertz CT molecular complexity index is 509. The Morgan fingerprint density at radius 1 is 1.19 bits per heavy atom. The van der Waals surface area contributed by atoms with Gasteiger partial charge >= 0.3 is 0 Å². The molecule has 0 unspecified atom stereocenters. The van der Waals surface area contributed by atoms with Crippen LogP contribution in [-0.4, -0.2) is 17.3 Å². The molecule has 0 aliphatic heterocycles. The van der Waals surface area contributed by atoms with Gasteiger partial charge in [0.2, 0.25) is 0 Å². The molecule has 0 heterocycles. The van der Waals surface area contributed by atoms with Gasteiger partial charge in [0, 0.05) is 18.7 Å². The summed E-state index contributed by atoms with van der Waals surface area (Å²) < 4.78 is 27.7. The fraction of sp³-hybridized carbons (Fsp3) is 0.625. The van der Waals surface area contributed by atoms with Crippen molar-refractivity contribution in [2.75, 3.05) is 6.54 Å². The molecule has 1 aromatic carbocycles. The van der Waals surface area contributed by atoms with Crippen molar-refractivity contribution in [2.45, 2.75) is 51.7 Å². The van der Waals surface area contributed by atoms with Crippen LogP contribution in [0.1, 0.15) is 45.1 Å². The first-order chi connectivity index (χ1) is 9.72. The predicted octanol–water partition coefficient (Wildman–Crippen LogP) is 4.15. The van der Waals surface area contributed by atoms with Crippen molar-refractivity contribution in [3.8, 4) is 0 Å². The molecule has 0 spiro atoms. The lowest BCUT2D eigenvalue weighted by molar-refractivity contribution is -0.0245. The second kappa shape index (κ2) is 6.31. The standard InChI is InChI=1S/C16H22BrF2NO/c1-15(2)5-7-16(21,8-6-15)10-20-9-11-13(18)4-3-12(17)14(11)19/h3-4,20-21H,5-10H2,1-2H3. The van der Waals surface area contributed by atoms with Gasteiger partial charge in [0.05, 0.1) is 10.1 Å². The second-order valence-corrected chi connectivity index (χ2v) is 7.67. The normalized spacial score (nSPS) is 20.5. The van der Waals surface area contributed by atoms with Gasteiger partial charge in [0.25, 0.3) is 0 Å². The van der Waals surface area contributed by atoms with E-state index < -0.39 is 17.2 Å². The summed E-state index contributed by atoms with van der Waals surface area (Å²) in [5, 5.41) is 13.5. The summed E-state index contributed by atoms with van der Waals surface area (Å²) >= 11 is 3.05. The summed E-state index contributed by atoms with van der Waals surface area (Å²) in [6.07, 6.45) is 3.36. The maximum absolute atomic E-state index is 13.8. The SMILES string of the molecule is CC1(C)CCC(O)(CNCc2c(F)ccc(Br)c2F)CC1. The van der Waals surface area contributed by atoms with E-state index in [0.717, 1.165) is 25.7 Å². The van der Waals surface area contributed by atoms with Crippen molar-refractivity contribution in [2.24, 2.45) is 5.41 Å². The van der Waals surface area contributed by atoms with Gasteiger partial charge in [-0.25, -0.2) is 8.78 Å². The Hall–Kier alpha value is -0.520.